The molecule has 214 valence electrons. The molecule has 0 bridgehead atoms. The number of primary amides is 1. The Morgan fingerprint density at radius 1 is 1.28 bits per heavy atom. The number of hydrogen-bond donors (Lipinski definition) is 5. The number of esters is 1. The Labute approximate surface area is 223 Å². The summed E-state index contributed by atoms with van der Waals surface area (Å²) in [5.41, 5.74) is 8.60. The number of amides is 1. The number of hydrogen-bond acceptors (Lipinski definition) is 10. The summed E-state index contributed by atoms with van der Waals surface area (Å²) in [5.74, 6) is -0.303. The van der Waals surface area contributed by atoms with Crippen LogP contribution in [0.15, 0.2) is 29.5 Å². The molecule has 0 spiro atoms. The van der Waals surface area contributed by atoms with Crippen molar-refractivity contribution in [3.8, 4) is 0 Å². The number of hydroxylamine groups is 1. The molecule has 0 saturated carbocycles. The van der Waals surface area contributed by atoms with E-state index in [9.17, 15) is 28.0 Å². The lowest BCUT2D eigenvalue weighted by atomic mass is 9.92. The van der Waals surface area contributed by atoms with E-state index in [4.69, 9.17) is 19.9 Å². The third-order valence-electron chi connectivity index (χ3n) is 6.74. The minimum absolute atomic E-state index is 0.0522. The number of allylic oxidation sites excluding steroid dienone is 3. The second-order valence-corrected chi connectivity index (χ2v) is 9.37. The maximum Gasteiger partial charge on any atom is 0.432 e. The van der Waals surface area contributed by atoms with Crippen LogP contribution >= 0.6 is 0 Å². The van der Waals surface area contributed by atoms with Gasteiger partial charge in [0, 0.05) is 36.0 Å². The van der Waals surface area contributed by atoms with Gasteiger partial charge in [-0.1, -0.05) is 6.07 Å². The fourth-order valence-corrected chi connectivity index (χ4v) is 4.91. The molecule has 4 rings (SSSR count). The number of carbonyl (C=O) groups excluding carboxylic acids is 2. The molecule has 6 N–H and O–H groups in total. The van der Waals surface area contributed by atoms with Gasteiger partial charge in [0.05, 0.1) is 18.9 Å². The fourth-order valence-electron chi connectivity index (χ4n) is 4.91. The minimum Gasteiger partial charge on any atom is -0.465 e. The predicted molar refractivity (Wildman–Crippen MR) is 133 cm³/mol. The van der Waals surface area contributed by atoms with Crippen molar-refractivity contribution < 1.29 is 42.2 Å². The maximum atomic E-state index is 13.4. The zero-order valence-corrected chi connectivity index (χ0v) is 21.4. The molecule has 1 aromatic carbocycles. The summed E-state index contributed by atoms with van der Waals surface area (Å²) in [6.07, 6.45) is -2.85. The average Bonchev–Trinajstić information content (AvgIpc) is 2.97. The summed E-state index contributed by atoms with van der Waals surface area (Å²) < 4.78 is 56.3. The molecule has 0 radical (unpaired) electrons. The van der Waals surface area contributed by atoms with E-state index in [2.05, 4.69) is 10.6 Å². The van der Waals surface area contributed by atoms with Crippen LogP contribution in [-0.4, -0.2) is 60.5 Å². The molecular formula is C25H32F3N5O6. The Balaban J connectivity index is 1.70. The molecular weight excluding hydrogens is 523 g/mol. The zero-order valence-electron chi connectivity index (χ0n) is 21.4. The van der Waals surface area contributed by atoms with Crippen LogP contribution in [0.25, 0.3) is 5.70 Å². The Hall–Kier alpha value is -3.49. The second kappa shape index (κ2) is 12.1. The number of anilines is 1. The number of nitrogens with two attached hydrogens (primary N) is 1. The van der Waals surface area contributed by atoms with Crippen molar-refractivity contribution in [3.63, 3.8) is 0 Å². The number of ether oxygens (including phenoxy) is 3. The Bertz CT molecular complexity index is 1150. The van der Waals surface area contributed by atoms with Gasteiger partial charge >= 0.3 is 18.2 Å². The van der Waals surface area contributed by atoms with Crippen molar-refractivity contribution in [2.24, 2.45) is 5.73 Å². The van der Waals surface area contributed by atoms with Crippen LogP contribution in [0.1, 0.15) is 49.3 Å². The molecule has 1 saturated heterocycles. The molecule has 0 aliphatic carbocycles. The van der Waals surface area contributed by atoms with Crippen molar-refractivity contribution in [2.75, 3.05) is 25.1 Å². The normalized spacial score (nSPS) is 21.8. The highest BCUT2D eigenvalue weighted by Gasteiger charge is 2.39. The lowest BCUT2D eigenvalue weighted by Gasteiger charge is -2.33. The van der Waals surface area contributed by atoms with Crippen LogP contribution < -0.4 is 21.8 Å². The number of alkyl halides is 3. The van der Waals surface area contributed by atoms with E-state index in [0.717, 1.165) is 6.08 Å². The first-order valence-corrected chi connectivity index (χ1v) is 12.7. The monoisotopic (exact) mass is 555 g/mol. The highest BCUT2D eigenvalue weighted by atomic mass is 19.4. The quantitative estimate of drug-likeness (QED) is 0.332. The molecule has 14 heteroatoms. The van der Waals surface area contributed by atoms with E-state index in [1.165, 1.54) is 0 Å². The number of carbonyl (C=O) groups is 2. The lowest BCUT2D eigenvalue weighted by molar-refractivity contribution is -0.146. The maximum absolute atomic E-state index is 13.4. The van der Waals surface area contributed by atoms with E-state index in [-0.39, 0.29) is 49.5 Å². The first-order valence-electron chi connectivity index (χ1n) is 12.7. The third-order valence-corrected chi connectivity index (χ3v) is 6.74. The smallest absolute Gasteiger partial charge is 0.432 e. The summed E-state index contributed by atoms with van der Waals surface area (Å²) >= 11 is 0. The van der Waals surface area contributed by atoms with Crippen molar-refractivity contribution >= 4 is 23.4 Å². The summed E-state index contributed by atoms with van der Waals surface area (Å²) in [7, 11) is 0. The van der Waals surface area contributed by atoms with Gasteiger partial charge in [-0.15, -0.1) is 0 Å². The van der Waals surface area contributed by atoms with Crippen LogP contribution in [0.3, 0.4) is 0 Å². The number of benzene rings is 1. The van der Waals surface area contributed by atoms with Gasteiger partial charge in [0.25, 0.3) is 0 Å². The van der Waals surface area contributed by atoms with Gasteiger partial charge in [0.1, 0.15) is 18.3 Å². The van der Waals surface area contributed by atoms with Crippen LogP contribution in [-0.2, 0) is 32.2 Å². The van der Waals surface area contributed by atoms with E-state index in [1.54, 1.807) is 19.1 Å². The number of nitrogens with zero attached hydrogens (tertiary/aromatic N) is 1. The summed E-state index contributed by atoms with van der Waals surface area (Å²) in [6.45, 7) is 2.58. The highest BCUT2D eigenvalue weighted by Crippen LogP contribution is 2.39. The first-order chi connectivity index (χ1) is 18.6. The molecule has 1 fully saturated rings. The number of halogens is 3. The van der Waals surface area contributed by atoms with Crippen LogP contribution in [0.5, 0.6) is 0 Å². The molecule has 1 aromatic rings. The fraction of sp³-hybridized carbons (Fsp3) is 0.520. The van der Waals surface area contributed by atoms with E-state index in [0.29, 0.717) is 60.0 Å². The van der Waals surface area contributed by atoms with Gasteiger partial charge in [-0.05, 0) is 55.9 Å². The van der Waals surface area contributed by atoms with Crippen LogP contribution in [0.4, 0.5) is 23.7 Å². The number of piperidine rings is 1. The molecule has 3 aliphatic heterocycles. The largest absolute Gasteiger partial charge is 0.465 e. The van der Waals surface area contributed by atoms with E-state index < -0.39 is 24.0 Å². The first kappa shape index (κ1) is 28.5. The zero-order chi connectivity index (χ0) is 28.2. The lowest BCUT2D eigenvalue weighted by Crippen LogP contribution is -2.49. The van der Waals surface area contributed by atoms with Gasteiger partial charge in [-0.3, -0.25) is 15.4 Å². The van der Waals surface area contributed by atoms with Gasteiger partial charge in [-0.2, -0.15) is 18.3 Å². The molecule has 0 unspecified atom stereocenters. The minimum atomic E-state index is -4.69. The number of nitrogens with one attached hydrogen (secondary N) is 3. The molecule has 0 aromatic heterocycles. The summed E-state index contributed by atoms with van der Waals surface area (Å²) in [4.78, 5) is 23.5. The van der Waals surface area contributed by atoms with Crippen molar-refractivity contribution in [1.29, 1.82) is 0 Å². The predicted octanol–water partition coefficient (Wildman–Crippen LogP) is 3.05. The average molecular weight is 556 g/mol. The molecule has 3 heterocycles. The standard InChI is InChI=1S/C25H32F3N5O6/c1-2-38-23(34)20-7-5-15(11-30-20)31-19-8-6-16-17(18(19)13-39-24(29)35)12-37-9-3-4-14-10-21(25(26,27)28)32-33(36)22(14)16/h6,8,10,15,20,30-32,36H,2-5,7,9,11-13H2,1H3,(H2,29,35)/t15-,20+/m1/s1. The highest BCUT2D eigenvalue weighted by molar-refractivity contribution is 5.77. The van der Waals surface area contributed by atoms with Crippen molar-refractivity contribution in [1.82, 2.24) is 15.9 Å². The third kappa shape index (κ3) is 6.75. The summed E-state index contributed by atoms with van der Waals surface area (Å²) in [6, 6.07) is 2.89. The molecule has 3 aliphatic rings. The van der Waals surface area contributed by atoms with Crippen molar-refractivity contribution in [3.05, 3.63) is 46.2 Å². The molecule has 2 atom stereocenters. The van der Waals surface area contributed by atoms with Crippen molar-refractivity contribution in [2.45, 2.75) is 64.1 Å². The van der Waals surface area contributed by atoms with E-state index in [1.807, 2.05) is 5.43 Å². The van der Waals surface area contributed by atoms with Gasteiger partial charge in [0.15, 0.2) is 0 Å². The Kier molecular flexibility index (Phi) is 8.87. The van der Waals surface area contributed by atoms with Gasteiger partial charge in [-0.25, -0.2) is 4.79 Å². The van der Waals surface area contributed by atoms with Crippen LogP contribution in [0, 0.1) is 0 Å². The van der Waals surface area contributed by atoms with E-state index >= 15 is 0 Å². The Morgan fingerprint density at radius 2 is 2.08 bits per heavy atom. The molecule has 11 nitrogen and oxygen atoms in total. The molecule has 1 amide bonds. The molecule has 39 heavy (non-hydrogen) atoms. The number of hydrazine groups is 1. The number of rotatable bonds is 6. The van der Waals surface area contributed by atoms with Gasteiger partial charge < -0.3 is 30.6 Å². The van der Waals surface area contributed by atoms with Gasteiger partial charge in [0.2, 0.25) is 0 Å². The Morgan fingerprint density at radius 3 is 2.74 bits per heavy atom. The topological polar surface area (TPSA) is 147 Å². The second-order valence-electron chi connectivity index (χ2n) is 9.37. The SMILES string of the molecule is CCOC(=O)[C@@H]1CC[C@@H](Nc2ccc3c(c2COC(N)=O)COCCCC2=C3N(O)NC(C(F)(F)F)=C2)CN1. The number of fused-ring (bicyclic) bond motifs is 2. The summed E-state index contributed by atoms with van der Waals surface area (Å²) in [5, 5.41) is 17.6. The van der Waals surface area contributed by atoms with Crippen LogP contribution in [0.2, 0.25) is 0 Å².